The van der Waals surface area contributed by atoms with E-state index in [-0.39, 0.29) is 5.91 Å². The second-order valence-electron chi connectivity index (χ2n) is 7.20. The van der Waals surface area contributed by atoms with E-state index in [2.05, 4.69) is 25.7 Å². The van der Waals surface area contributed by atoms with E-state index in [1.807, 2.05) is 18.2 Å². The van der Waals surface area contributed by atoms with Crippen LogP contribution in [0.2, 0.25) is 5.02 Å². The Bertz CT molecular complexity index is 1290. The highest BCUT2D eigenvalue weighted by molar-refractivity contribution is 6.32. The third-order valence-corrected chi connectivity index (χ3v) is 5.35. The number of ether oxygens (including phenoxy) is 1. The predicted octanol–water partition coefficient (Wildman–Crippen LogP) is 3.48. The van der Waals surface area contributed by atoms with Crippen LogP contribution in [-0.2, 0) is 20.1 Å². The Morgan fingerprint density at radius 3 is 2.90 bits per heavy atom. The number of carbonyl (C=O) groups excluding carboxylic acids is 1. The van der Waals surface area contributed by atoms with Gasteiger partial charge in [0, 0.05) is 37.0 Å². The first kappa shape index (κ1) is 18.7. The van der Waals surface area contributed by atoms with Crippen molar-refractivity contribution in [2.24, 2.45) is 7.05 Å². The first-order chi connectivity index (χ1) is 14.5. The van der Waals surface area contributed by atoms with E-state index >= 15 is 0 Å². The standard InChI is InChI=1S/C21H19ClN6O2/c1-28-10-16(21(27-28)30-2)19-25-17-7-13(22)6-15(18(17)26-19)20(29)24-14-4-3-11-8-23-9-12(11)5-14/h3-7,10,23H,8-9H2,1-2H3,(H,24,29)(H,25,26). The summed E-state index contributed by atoms with van der Waals surface area (Å²) in [4.78, 5) is 20.9. The molecule has 5 rings (SSSR count). The number of halogens is 1. The summed E-state index contributed by atoms with van der Waals surface area (Å²) in [5.41, 5.74) is 5.45. The third kappa shape index (κ3) is 3.20. The van der Waals surface area contributed by atoms with Crippen LogP contribution in [0.4, 0.5) is 5.69 Å². The number of nitrogens with zero attached hydrogens (tertiary/aromatic N) is 3. The summed E-state index contributed by atoms with van der Waals surface area (Å²) in [5.74, 6) is 0.722. The molecule has 152 valence electrons. The number of aryl methyl sites for hydroxylation is 1. The Hall–Kier alpha value is -3.36. The number of benzene rings is 2. The molecule has 0 saturated heterocycles. The van der Waals surface area contributed by atoms with Crippen LogP contribution in [0, 0.1) is 0 Å². The number of rotatable bonds is 4. The van der Waals surface area contributed by atoms with Crippen LogP contribution in [0.5, 0.6) is 5.88 Å². The summed E-state index contributed by atoms with van der Waals surface area (Å²) in [6.07, 6.45) is 1.80. The van der Waals surface area contributed by atoms with E-state index < -0.39 is 0 Å². The topological polar surface area (TPSA) is 96.9 Å². The Morgan fingerprint density at radius 2 is 2.07 bits per heavy atom. The fraction of sp³-hybridized carbons (Fsp3) is 0.190. The molecule has 3 N–H and O–H groups in total. The molecule has 30 heavy (non-hydrogen) atoms. The van der Waals surface area contributed by atoms with E-state index in [0.717, 1.165) is 18.8 Å². The number of anilines is 1. The van der Waals surface area contributed by atoms with Gasteiger partial charge in [-0.15, -0.1) is 5.10 Å². The van der Waals surface area contributed by atoms with Crippen molar-refractivity contribution in [3.8, 4) is 17.3 Å². The Morgan fingerprint density at radius 1 is 1.23 bits per heavy atom. The first-order valence-electron chi connectivity index (χ1n) is 9.43. The fourth-order valence-corrected chi connectivity index (χ4v) is 3.95. The number of H-pyrrole nitrogens is 1. The normalized spacial score (nSPS) is 12.9. The molecule has 0 radical (unpaired) electrons. The molecule has 0 bridgehead atoms. The zero-order chi connectivity index (χ0) is 20.8. The molecule has 1 aliphatic heterocycles. The number of hydrogen-bond donors (Lipinski definition) is 3. The van der Waals surface area contributed by atoms with E-state index in [0.29, 0.717) is 38.9 Å². The largest absolute Gasteiger partial charge is 0.479 e. The van der Waals surface area contributed by atoms with E-state index in [1.165, 1.54) is 11.1 Å². The van der Waals surface area contributed by atoms with Crippen molar-refractivity contribution >= 4 is 34.2 Å². The minimum Gasteiger partial charge on any atom is -0.479 e. The van der Waals surface area contributed by atoms with E-state index in [1.54, 1.807) is 37.2 Å². The molecule has 0 aliphatic carbocycles. The van der Waals surface area contributed by atoms with Crippen LogP contribution < -0.4 is 15.4 Å². The molecule has 2 aromatic carbocycles. The number of imidazole rings is 1. The maximum absolute atomic E-state index is 13.1. The summed E-state index contributed by atoms with van der Waals surface area (Å²) in [7, 11) is 3.35. The van der Waals surface area contributed by atoms with Gasteiger partial charge in [0.1, 0.15) is 11.3 Å². The minimum absolute atomic E-state index is 0.274. The number of aromatic amines is 1. The molecule has 1 aliphatic rings. The van der Waals surface area contributed by atoms with Crippen molar-refractivity contribution in [3.05, 3.63) is 58.2 Å². The highest BCUT2D eigenvalue weighted by Crippen LogP contribution is 2.31. The van der Waals surface area contributed by atoms with Gasteiger partial charge in [-0.1, -0.05) is 17.7 Å². The number of nitrogens with one attached hydrogen (secondary N) is 3. The molecular weight excluding hydrogens is 404 g/mol. The Balaban J connectivity index is 1.53. The van der Waals surface area contributed by atoms with Crippen molar-refractivity contribution < 1.29 is 9.53 Å². The molecule has 4 aromatic rings. The number of fused-ring (bicyclic) bond motifs is 2. The van der Waals surface area contributed by atoms with Gasteiger partial charge in [0.2, 0.25) is 5.88 Å². The van der Waals surface area contributed by atoms with Gasteiger partial charge in [-0.05, 0) is 35.4 Å². The van der Waals surface area contributed by atoms with Crippen molar-refractivity contribution in [1.29, 1.82) is 0 Å². The maximum atomic E-state index is 13.1. The lowest BCUT2D eigenvalue weighted by Crippen LogP contribution is -2.13. The average Bonchev–Trinajstić information content (AvgIpc) is 3.43. The van der Waals surface area contributed by atoms with Gasteiger partial charge in [0.15, 0.2) is 0 Å². The molecule has 0 saturated carbocycles. The molecule has 2 aromatic heterocycles. The summed E-state index contributed by atoms with van der Waals surface area (Å²) in [6, 6.07) is 9.29. The zero-order valence-electron chi connectivity index (χ0n) is 16.4. The summed E-state index contributed by atoms with van der Waals surface area (Å²) in [5, 5.41) is 11.0. The molecule has 8 nitrogen and oxygen atoms in total. The highest BCUT2D eigenvalue weighted by atomic mass is 35.5. The van der Waals surface area contributed by atoms with E-state index in [9.17, 15) is 4.79 Å². The van der Waals surface area contributed by atoms with Gasteiger partial charge in [0.25, 0.3) is 5.91 Å². The monoisotopic (exact) mass is 422 g/mol. The van der Waals surface area contributed by atoms with Gasteiger partial charge < -0.3 is 20.4 Å². The van der Waals surface area contributed by atoms with Crippen molar-refractivity contribution in [3.63, 3.8) is 0 Å². The molecule has 3 heterocycles. The maximum Gasteiger partial charge on any atom is 0.257 e. The number of carbonyl (C=O) groups is 1. The molecule has 0 spiro atoms. The average molecular weight is 423 g/mol. The van der Waals surface area contributed by atoms with Crippen LogP contribution in [-0.4, -0.2) is 32.8 Å². The number of methoxy groups -OCH3 is 1. The second kappa shape index (κ2) is 7.16. The van der Waals surface area contributed by atoms with Gasteiger partial charge >= 0.3 is 0 Å². The number of amides is 1. The fourth-order valence-electron chi connectivity index (χ4n) is 3.74. The Kier molecular flexibility index (Phi) is 4.45. The lowest BCUT2D eigenvalue weighted by Gasteiger charge is -2.08. The summed E-state index contributed by atoms with van der Waals surface area (Å²) < 4.78 is 6.97. The third-order valence-electron chi connectivity index (χ3n) is 5.13. The van der Waals surface area contributed by atoms with Crippen molar-refractivity contribution in [1.82, 2.24) is 25.1 Å². The summed E-state index contributed by atoms with van der Waals surface area (Å²) >= 11 is 6.29. The van der Waals surface area contributed by atoms with Crippen LogP contribution in [0.15, 0.2) is 36.5 Å². The smallest absolute Gasteiger partial charge is 0.257 e. The lowest BCUT2D eigenvalue weighted by atomic mass is 10.1. The number of aromatic nitrogens is 4. The first-order valence-corrected chi connectivity index (χ1v) is 9.81. The van der Waals surface area contributed by atoms with Gasteiger partial charge in [-0.3, -0.25) is 9.48 Å². The van der Waals surface area contributed by atoms with Crippen LogP contribution in [0.3, 0.4) is 0 Å². The number of hydrogen-bond acceptors (Lipinski definition) is 5. The molecule has 0 atom stereocenters. The zero-order valence-corrected chi connectivity index (χ0v) is 17.2. The SMILES string of the molecule is COc1nn(C)cc1-c1nc2c(C(=O)Nc3ccc4c(c3)CNC4)cc(Cl)cc2[nH]1. The molecule has 0 fully saturated rings. The second-order valence-corrected chi connectivity index (χ2v) is 7.64. The van der Waals surface area contributed by atoms with Gasteiger partial charge in [-0.2, -0.15) is 0 Å². The Labute approximate surface area is 177 Å². The molecular formula is C21H19ClN6O2. The summed E-state index contributed by atoms with van der Waals surface area (Å²) in [6.45, 7) is 1.66. The molecule has 1 amide bonds. The molecule has 9 heteroatoms. The van der Waals surface area contributed by atoms with Crippen LogP contribution in [0.1, 0.15) is 21.5 Å². The van der Waals surface area contributed by atoms with Crippen LogP contribution in [0.25, 0.3) is 22.4 Å². The quantitative estimate of drug-likeness (QED) is 0.468. The van der Waals surface area contributed by atoms with Crippen LogP contribution >= 0.6 is 11.6 Å². The highest BCUT2D eigenvalue weighted by Gasteiger charge is 2.20. The van der Waals surface area contributed by atoms with Gasteiger partial charge in [-0.25, -0.2) is 4.98 Å². The van der Waals surface area contributed by atoms with Gasteiger partial charge in [0.05, 0.1) is 23.8 Å². The van der Waals surface area contributed by atoms with Crippen molar-refractivity contribution in [2.75, 3.05) is 12.4 Å². The molecule has 0 unspecified atom stereocenters. The van der Waals surface area contributed by atoms with E-state index in [4.69, 9.17) is 16.3 Å². The lowest BCUT2D eigenvalue weighted by molar-refractivity contribution is 0.102. The van der Waals surface area contributed by atoms with Crippen molar-refractivity contribution in [2.45, 2.75) is 13.1 Å². The minimum atomic E-state index is -0.274. The predicted molar refractivity (Wildman–Crippen MR) is 115 cm³/mol.